The van der Waals surface area contributed by atoms with Crippen LogP contribution in [-0.4, -0.2) is 49.6 Å². The summed E-state index contributed by atoms with van der Waals surface area (Å²) in [4.78, 5) is 24.2. The number of carbonyl (C=O) groups excluding carboxylic acids is 1. The Bertz CT molecular complexity index is 507. The molecule has 0 radical (unpaired) electrons. The molecule has 0 aliphatic carbocycles. The third-order valence-corrected chi connectivity index (χ3v) is 3.26. The molecule has 122 valence electrons. The van der Waals surface area contributed by atoms with E-state index >= 15 is 0 Å². The van der Waals surface area contributed by atoms with Crippen LogP contribution in [0.15, 0.2) is 24.3 Å². The number of nitro benzene ring substituents is 1. The maximum absolute atomic E-state index is 12.0. The lowest BCUT2D eigenvalue weighted by Crippen LogP contribution is -2.37. The molecule has 22 heavy (non-hydrogen) atoms. The molecule has 0 heterocycles. The van der Waals surface area contributed by atoms with Gasteiger partial charge in [-0.2, -0.15) is 0 Å². The summed E-state index contributed by atoms with van der Waals surface area (Å²) in [6.07, 6.45) is 0.862. The van der Waals surface area contributed by atoms with Crippen LogP contribution < -0.4 is 5.32 Å². The molecule has 0 aliphatic rings. The Morgan fingerprint density at radius 2 is 2.23 bits per heavy atom. The van der Waals surface area contributed by atoms with E-state index in [9.17, 15) is 14.9 Å². The highest BCUT2D eigenvalue weighted by Gasteiger charge is 2.14. The topological polar surface area (TPSA) is 84.7 Å². The van der Waals surface area contributed by atoms with Gasteiger partial charge in [0.05, 0.1) is 17.5 Å². The van der Waals surface area contributed by atoms with Gasteiger partial charge >= 0.3 is 0 Å². The number of non-ortho nitro benzene ring substituents is 1. The number of likely N-dealkylation sites (N-methyl/N-ethyl adjacent to an activating group) is 1. The van der Waals surface area contributed by atoms with E-state index in [4.69, 9.17) is 4.74 Å². The van der Waals surface area contributed by atoms with E-state index in [1.165, 1.54) is 12.1 Å². The predicted molar refractivity (Wildman–Crippen MR) is 83.6 cm³/mol. The summed E-state index contributed by atoms with van der Waals surface area (Å²) in [7, 11) is 3.51. The SMILES string of the molecule is COCCCN(C)CC(=O)NC(C)c1cccc([N+](=O)[O-])c1. The first-order valence-corrected chi connectivity index (χ1v) is 7.15. The number of ether oxygens (including phenoxy) is 1. The van der Waals surface area contributed by atoms with E-state index in [-0.39, 0.29) is 24.2 Å². The van der Waals surface area contributed by atoms with E-state index < -0.39 is 4.92 Å². The van der Waals surface area contributed by atoms with Gasteiger partial charge in [0, 0.05) is 32.4 Å². The van der Waals surface area contributed by atoms with E-state index in [1.54, 1.807) is 19.2 Å². The lowest BCUT2D eigenvalue weighted by Gasteiger charge is -2.19. The van der Waals surface area contributed by atoms with E-state index in [0.29, 0.717) is 12.2 Å². The molecule has 1 N–H and O–H groups in total. The standard InChI is InChI=1S/C15H23N3O4/c1-12(13-6-4-7-14(10-13)18(20)21)16-15(19)11-17(2)8-5-9-22-3/h4,6-7,10,12H,5,8-9,11H2,1-3H3,(H,16,19). The van der Waals surface area contributed by atoms with Gasteiger partial charge in [0.15, 0.2) is 0 Å². The molecule has 1 atom stereocenters. The second kappa shape index (κ2) is 9.11. The molecule has 0 aromatic heterocycles. The first-order valence-electron chi connectivity index (χ1n) is 7.15. The molecule has 0 saturated carbocycles. The average Bonchev–Trinajstić information content (AvgIpc) is 2.47. The van der Waals surface area contributed by atoms with Crippen LogP contribution in [0.4, 0.5) is 5.69 Å². The fourth-order valence-electron chi connectivity index (χ4n) is 2.08. The van der Waals surface area contributed by atoms with Crippen LogP contribution in [-0.2, 0) is 9.53 Å². The van der Waals surface area contributed by atoms with Crippen molar-refractivity contribution in [3.63, 3.8) is 0 Å². The molecular formula is C15H23N3O4. The van der Waals surface area contributed by atoms with E-state index in [1.807, 2.05) is 18.9 Å². The van der Waals surface area contributed by atoms with Gasteiger partial charge in [-0.1, -0.05) is 12.1 Å². The Labute approximate surface area is 130 Å². The summed E-state index contributed by atoms with van der Waals surface area (Å²) >= 11 is 0. The number of amides is 1. The van der Waals surface area contributed by atoms with Crippen molar-refractivity contribution in [2.24, 2.45) is 0 Å². The number of nitrogens with one attached hydrogen (secondary N) is 1. The molecular weight excluding hydrogens is 286 g/mol. The fraction of sp³-hybridized carbons (Fsp3) is 0.533. The zero-order chi connectivity index (χ0) is 16.5. The van der Waals surface area contributed by atoms with Crippen LogP contribution in [0.5, 0.6) is 0 Å². The highest BCUT2D eigenvalue weighted by Crippen LogP contribution is 2.18. The van der Waals surface area contributed by atoms with Crippen LogP contribution >= 0.6 is 0 Å². The third kappa shape index (κ3) is 6.19. The van der Waals surface area contributed by atoms with Crippen molar-refractivity contribution in [1.82, 2.24) is 10.2 Å². The number of methoxy groups -OCH3 is 1. The van der Waals surface area contributed by atoms with Gasteiger partial charge < -0.3 is 10.1 Å². The molecule has 7 nitrogen and oxygen atoms in total. The maximum atomic E-state index is 12.0. The number of rotatable bonds is 9. The lowest BCUT2D eigenvalue weighted by molar-refractivity contribution is -0.384. The molecule has 1 aromatic carbocycles. The third-order valence-electron chi connectivity index (χ3n) is 3.26. The van der Waals surface area contributed by atoms with Crippen LogP contribution in [0.1, 0.15) is 24.9 Å². The number of nitrogens with zero attached hydrogens (tertiary/aromatic N) is 2. The summed E-state index contributed by atoms with van der Waals surface area (Å²) in [6.45, 7) is 3.52. The second-order valence-electron chi connectivity index (χ2n) is 5.23. The predicted octanol–water partition coefficient (Wildman–Crippen LogP) is 1.74. The Kier molecular flexibility index (Phi) is 7.48. The Balaban J connectivity index is 2.50. The molecule has 1 amide bonds. The van der Waals surface area contributed by atoms with Gasteiger partial charge in [0.25, 0.3) is 5.69 Å². The van der Waals surface area contributed by atoms with Crippen LogP contribution in [0, 0.1) is 10.1 Å². The number of hydrogen-bond donors (Lipinski definition) is 1. The first-order chi connectivity index (χ1) is 10.4. The van der Waals surface area contributed by atoms with Gasteiger partial charge in [0.2, 0.25) is 5.91 Å². The van der Waals surface area contributed by atoms with Gasteiger partial charge in [-0.05, 0) is 26.0 Å². The van der Waals surface area contributed by atoms with Crippen LogP contribution in [0.25, 0.3) is 0 Å². The summed E-state index contributed by atoms with van der Waals surface area (Å²) in [5.74, 6) is -0.112. The largest absolute Gasteiger partial charge is 0.385 e. The van der Waals surface area contributed by atoms with E-state index in [2.05, 4.69) is 5.32 Å². The molecule has 1 unspecified atom stereocenters. The van der Waals surface area contributed by atoms with Gasteiger partial charge in [-0.25, -0.2) is 0 Å². The van der Waals surface area contributed by atoms with Crippen LogP contribution in [0.2, 0.25) is 0 Å². The number of hydrogen-bond acceptors (Lipinski definition) is 5. The Morgan fingerprint density at radius 3 is 2.86 bits per heavy atom. The highest BCUT2D eigenvalue weighted by atomic mass is 16.6. The molecule has 1 aromatic rings. The smallest absolute Gasteiger partial charge is 0.269 e. The number of benzene rings is 1. The molecule has 0 fully saturated rings. The number of nitro groups is 1. The molecule has 7 heteroatoms. The Hall–Kier alpha value is -1.99. The molecule has 0 bridgehead atoms. The van der Waals surface area contributed by atoms with Crippen molar-refractivity contribution in [3.8, 4) is 0 Å². The van der Waals surface area contributed by atoms with Crippen molar-refractivity contribution < 1.29 is 14.5 Å². The second-order valence-corrected chi connectivity index (χ2v) is 5.23. The molecule has 1 rings (SSSR count). The Morgan fingerprint density at radius 1 is 1.50 bits per heavy atom. The molecule has 0 saturated heterocycles. The highest BCUT2D eigenvalue weighted by molar-refractivity contribution is 5.78. The summed E-state index contributed by atoms with van der Waals surface area (Å²) in [5.41, 5.74) is 0.736. The fourth-order valence-corrected chi connectivity index (χ4v) is 2.08. The normalized spacial score (nSPS) is 12.2. The minimum atomic E-state index is -0.443. The summed E-state index contributed by atoms with van der Waals surface area (Å²) in [5, 5.41) is 13.6. The van der Waals surface area contributed by atoms with Crippen molar-refractivity contribution >= 4 is 11.6 Å². The zero-order valence-electron chi connectivity index (χ0n) is 13.2. The van der Waals surface area contributed by atoms with Gasteiger partial charge in [0.1, 0.15) is 0 Å². The lowest BCUT2D eigenvalue weighted by atomic mass is 10.1. The van der Waals surface area contributed by atoms with Crippen molar-refractivity contribution in [1.29, 1.82) is 0 Å². The molecule has 0 spiro atoms. The van der Waals surface area contributed by atoms with Crippen molar-refractivity contribution in [3.05, 3.63) is 39.9 Å². The minimum absolute atomic E-state index is 0.0234. The van der Waals surface area contributed by atoms with Crippen molar-refractivity contribution in [2.45, 2.75) is 19.4 Å². The number of carbonyl (C=O) groups is 1. The minimum Gasteiger partial charge on any atom is -0.385 e. The van der Waals surface area contributed by atoms with Gasteiger partial charge in [-0.15, -0.1) is 0 Å². The maximum Gasteiger partial charge on any atom is 0.269 e. The monoisotopic (exact) mass is 309 g/mol. The zero-order valence-corrected chi connectivity index (χ0v) is 13.2. The quantitative estimate of drug-likeness (QED) is 0.427. The summed E-state index contributed by atoms with van der Waals surface area (Å²) in [6, 6.07) is 6.02. The molecule has 0 aliphatic heterocycles. The summed E-state index contributed by atoms with van der Waals surface area (Å²) < 4.78 is 4.97. The van der Waals surface area contributed by atoms with Crippen LogP contribution in [0.3, 0.4) is 0 Å². The average molecular weight is 309 g/mol. The van der Waals surface area contributed by atoms with Crippen molar-refractivity contribution in [2.75, 3.05) is 33.9 Å². The van der Waals surface area contributed by atoms with Gasteiger partial charge in [-0.3, -0.25) is 19.8 Å². The van der Waals surface area contributed by atoms with E-state index in [0.717, 1.165) is 13.0 Å². The first kappa shape index (κ1) is 18.1.